The lowest BCUT2D eigenvalue weighted by molar-refractivity contribution is -0.151. The van der Waals surface area contributed by atoms with Gasteiger partial charge in [-0.2, -0.15) is 4.98 Å². The highest BCUT2D eigenvalue weighted by molar-refractivity contribution is 8.00. The molecular weight excluding hydrogens is 380 g/mol. The number of aromatic nitrogens is 2. The Hall–Kier alpha value is -2.89. The van der Waals surface area contributed by atoms with Crippen LogP contribution in [0.1, 0.15) is 18.6 Å². The Balaban J connectivity index is 1.68. The molecule has 12 heteroatoms. The van der Waals surface area contributed by atoms with Crippen LogP contribution in [0.15, 0.2) is 15.8 Å². The molecule has 1 aromatic heterocycles. The Morgan fingerprint density at radius 2 is 2.19 bits per heavy atom. The van der Waals surface area contributed by atoms with Gasteiger partial charge in [0.2, 0.25) is 11.8 Å². The summed E-state index contributed by atoms with van der Waals surface area (Å²) in [6, 6.07) is -0.847. The van der Waals surface area contributed by atoms with Crippen molar-refractivity contribution < 1.29 is 33.5 Å². The molecule has 1 fully saturated rings. The van der Waals surface area contributed by atoms with Crippen LogP contribution >= 0.6 is 11.8 Å². The number of hydrogen-bond acceptors (Lipinski definition) is 9. The molecule has 0 bridgehead atoms. The van der Waals surface area contributed by atoms with E-state index >= 15 is 0 Å². The van der Waals surface area contributed by atoms with Crippen molar-refractivity contribution in [2.75, 3.05) is 12.4 Å². The molecule has 0 aliphatic carbocycles. The van der Waals surface area contributed by atoms with E-state index in [4.69, 9.17) is 9.26 Å². The normalized spacial score (nSPS) is 21.4. The van der Waals surface area contributed by atoms with Crippen LogP contribution in [0.4, 0.5) is 0 Å². The van der Waals surface area contributed by atoms with E-state index in [9.17, 15) is 24.3 Å². The summed E-state index contributed by atoms with van der Waals surface area (Å²) in [7, 11) is 0. The van der Waals surface area contributed by atoms with Gasteiger partial charge in [-0.1, -0.05) is 5.16 Å². The highest BCUT2D eigenvalue weighted by Gasteiger charge is 2.54. The van der Waals surface area contributed by atoms with Crippen molar-refractivity contribution in [1.29, 1.82) is 0 Å². The second kappa shape index (κ2) is 7.39. The summed E-state index contributed by atoms with van der Waals surface area (Å²) < 4.78 is 9.64. The molecule has 11 nitrogen and oxygen atoms in total. The minimum absolute atomic E-state index is 0.155. The van der Waals surface area contributed by atoms with Crippen molar-refractivity contribution in [1.82, 2.24) is 20.4 Å². The van der Waals surface area contributed by atoms with Crippen LogP contribution in [0.25, 0.3) is 0 Å². The van der Waals surface area contributed by atoms with Crippen LogP contribution in [0.2, 0.25) is 0 Å². The molecule has 27 heavy (non-hydrogen) atoms. The number of esters is 1. The highest BCUT2D eigenvalue weighted by Crippen LogP contribution is 2.40. The minimum Gasteiger partial charge on any atom is -0.477 e. The first-order valence-corrected chi connectivity index (χ1v) is 8.94. The smallest absolute Gasteiger partial charge is 0.352 e. The van der Waals surface area contributed by atoms with E-state index in [1.54, 1.807) is 6.92 Å². The van der Waals surface area contributed by atoms with Gasteiger partial charge in [0.1, 0.15) is 23.7 Å². The molecule has 1 saturated heterocycles. The number of β-lactam (4-membered cyclic amide) rings is 1. The zero-order valence-corrected chi connectivity index (χ0v) is 15.2. The third kappa shape index (κ3) is 3.79. The first-order valence-electron chi connectivity index (χ1n) is 7.90. The summed E-state index contributed by atoms with van der Waals surface area (Å²) in [6.07, 6.45) is -0.155. The maximum absolute atomic E-state index is 12.4. The van der Waals surface area contributed by atoms with Crippen molar-refractivity contribution >= 4 is 35.5 Å². The number of nitrogens with zero attached hydrogens (tertiary/aromatic N) is 3. The van der Waals surface area contributed by atoms with Gasteiger partial charge in [-0.3, -0.25) is 19.3 Å². The Bertz CT molecular complexity index is 849. The van der Waals surface area contributed by atoms with E-state index in [2.05, 4.69) is 15.5 Å². The fraction of sp³-hybridized carbons (Fsp3) is 0.467. The number of ether oxygens (including phenoxy) is 1. The third-order valence-corrected chi connectivity index (χ3v) is 5.24. The number of rotatable bonds is 6. The number of thioether (sulfide) groups is 1. The van der Waals surface area contributed by atoms with E-state index in [-0.39, 0.29) is 30.3 Å². The predicted molar refractivity (Wildman–Crippen MR) is 89.1 cm³/mol. The number of aliphatic carboxylic acids is 1. The Labute approximate surface area is 157 Å². The number of carboxylic acid groups (broad SMARTS) is 1. The topological polar surface area (TPSA) is 152 Å². The van der Waals surface area contributed by atoms with Crippen molar-refractivity contribution in [2.45, 2.75) is 31.7 Å². The van der Waals surface area contributed by atoms with Crippen LogP contribution in [0.5, 0.6) is 0 Å². The molecule has 0 unspecified atom stereocenters. The van der Waals surface area contributed by atoms with E-state index in [1.165, 1.54) is 18.7 Å². The highest BCUT2D eigenvalue weighted by atomic mass is 32.2. The van der Waals surface area contributed by atoms with Crippen molar-refractivity contribution in [3.05, 3.63) is 23.0 Å². The number of fused-ring (bicyclic) bond motifs is 1. The Morgan fingerprint density at radius 3 is 2.78 bits per heavy atom. The zero-order chi connectivity index (χ0) is 19.7. The fourth-order valence-corrected chi connectivity index (χ4v) is 4.09. The summed E-state index contributed by atoms with van der Waals surface area (Å²) in [5.74, 6) is -2.06. The van der Waals surface area contributed by atoms with Crippen LogP contribution in [-0.4, -0.2) is 67.7 Å². The number of nitrogens with one attached hydrogen (secondary N) is 1. The molecule has 0 saturated carbocycles. The van der Waals surface area contributed by atoms with Gasteiger partial charge in [-0.15, -0.1) is 11.8 Å². The van der Waals surface area contributed by atoms with Crippen molar-refractivity contribution in [2.24, 2.45) is 0 Å². The van der Waals surface area contributed by atoms with E-state index < -0.39 is 35.2 Å². The van der Waals surface area contributed by atoms with Gasteiger partial charge < -0.3 is 19.7 Å². The van der Waals surface area contributed by atoms with Gasteiger partial charge in [0.15, 0.2) is 5.82 Å². The molecule has 0 spiro atoms. The first kappa shape index (κ1) is 18.9. The molecule has 3 rings (SSSR count). The van der Waals surface area contributed by atoms with Gasteiger partial charge in [0, 0.05) is 25.2 Å². The predicted octanol–water partition coefficient (Wildman–Crippen LogP) is -0.778. The molecule has 144 valence electrons. The molecule has 0 radical (unpaired) electrons. The van der Waals surface area contributed by atoms with Gasteiger partial charge in [-0.25, -0.2) is 4.79 Å². The standard InChI is InChI=1S/C15H16N4O7S/c1-6-16-9(18-26-6)3-10(21)17-11-13(22)19-12(15(23)24)8(4-25-7(2)20)5-27-14(11)19/h11,14H,3-5H2,1-2H3,(H,17,21)(H,23,24)/t11-,14-/m1/s1. The average Bonchev–Trinajstić information content (AvgIpc) is 3.01. The maximum Gasteiger partial charge on any atom is 0.352 e. The molecular formula is C15H16N4O7S. The summed E-state index contributed by atoms with van der Waals surface area (Å²) in [5, 5.41) is 15.1. The molecule has 1 aromatic rings. The number of carbonyl (C=O) groups is 4. The average molecular weight is 396 g/mol. The molecule has 2 aliphatic heterocycles. The third-order valence-electron chi connectivity index (χ3n) is 3.90. The fourth-order valence-electron chi connectivity index (χ4n) is 2.76. The quantitative estimate of drug-likeness (QED) is 0.463. The number of carbonyl (C=O) groups excluding carboxylic acids is 3. The van der Waals surface area contributed by atoms with Gasteiger partial charge in [-0.05, 0) is 0 Å². The largest absolute Gasteiger partial charge is 0.477 e. The zero-order valence-electron chi connectivity index (χ0n) is 14.4. The molecule has 2 amide bonds. The molecule has 2 N–H and O–H groups in total. The summed E-state index contributed by atoms with van der Waals surface area (Å²) in [5.41, 5.74) is 0.128. The number of hydrogen-bond donors (Lipinski definition) is 2. The number of amides is 2. The van der Waals surface area contributed by atoms with E-state index in [1.807, 2.05) is 0 Å². The molecule has 2 atom stereocenters. The van der Waals surface area contributed by atoms with Gasteiger partial charge >= 0.3 is 11.9 Å². The Kier molecular flexibility index (Phi) is 5.17. The van der Waals surface area contributed by atoms with Crippen LogP contribution < -0.4 is 5.32 Å². The van der Waals surface area contributed by atoms with Crippen molar-refractivity contribution in [3.63, 3.8) is 0 Å². The van der Waals surface area contributed by atoms with Crippen LogP contribution in [0.3, 0.4) is 0 Å². The lowest BCUT2D eigenvalue weighted by Crippen LogP contribution is -2.70. The number of aryl methyl sites for hydroxylation is 1. The first-order chi connectivity index (χ1) is 12.8. The molecule has 2 aliphatic rings. The second-order valence-corrected chi connectivity index (χ2v) is 7.00. The monoisotopic (exact) mass is 396 g/mol. The molecule has 3 heterocycles. The van der Waals surface area contributed by atoms with Crippen molar-refractivity contribution in [3.8, 4) is 0 Å². The van der Waals surface area contributed by atoms with Crippen LogP contribution in [0, 0.1) is 6.92 Å². The minimum atomic E-state index is -1.29. The maximum atomic E-state index is 12.4. The van der Waals surface area contributed by atoms with Gasteiger partial charge in [0.25, 0.3) is 5.91 Å². The van der Waals surface area contributed by atoms with Gasteiger partial charge in [0.05, 0.1) is 6.42 Å². The second-order valence-electron chi connectivity index (χ2n) is 5.90. The summed E-state index contributed by atoms with van der Waals surface area (Å²) in [6.45, 7) is 2.60. The molecule has 0 aromatic carbocycles. The lowest BCUT2D eigenvalue weighted by Gasteiger charge is -2.49. The summed E-state index contributed by atoms with van der Waals surface area (Å²) >= 11 is 1.29. The lowest BCUT2D eigenvalue weighted by atomic mass is 10.0. The van der Waals surface area contributed by atoms with E-state index in [0.717, 1.165) is 4.90 Å². The SMILES string of the molecule is CC(=O)OCC1=C(C(=O)O)N2C(=O)[C@@H](NC(=O)Cc3noc(C)n3)[C@H]2SC1. The Morgan fingerprint density at radius 1 is 1.44 bits per heavy atom. The van der Waals surface area contributed by atoms with E-state index in [0.29, 0.717) is 11.5 Å². The van der Waals surface area contributed by atoms with Crippen LogP contribution in [-0.2, 0) is 30.3 Å². The number of carboxylic acids is 1. The summed E-state index contributed by atoms with van der Waals surface area (Å²) in [4.78, 5) is 52.1.